The van der Waals surface area contributed by atoms with Crippen LogP contribution in [0.1, 0.15) is 24.2 Å². The van der Waals surface area contributed by atoms with Crippen molar-refractivity contribution in [2.45, 2.75) is 18.6 Å². The number of rotatable bonds is 2. The number of hydrogen-bond donors (Lipinski definition) is 1. The fraction of sp³-hybridized carbons (Fsp3) is 0.533. The zero-order chi connectivity index (χ0) is 14.9. The normalized spacial score (nSPS) is 17.9. The minimum Gasteiger partial charge on any atom is -0.399 e. The second-order valence-electron chi connectivity index (χ2n) is 6.01. The van der Waals surface area contributed by atoms with Gasteiger partial charge in [0.15, 0.2) is 0 Å². The van der Waals surface area contributed by atoms with Crippen molar-refractivity contribution in [2.24, 2.45) is 0 Å². The number of thioether (sulfide) groups is 1. The van der Waals surface area contributed by atoms with E-state index >= 15 is 0 Å². The number of nitrogens with zero attached hydrogens (tertiary/aromatic N) is 2. The Morgan fingerprint density at radius 1 is 1.40 bits per heavy atom. The molecule has 2 rings (SSSR count). The van der Waals surface area contributed by atoms with Gasteiger partial charge < -0.3 is 15.5 Å². The van der Waals surface area contributed by atoms with Gasteiger partial charge in [-0.25, -0.2) is 0 Å². The average molecular weight is 293 g/mol. The summed E-state index contributed by atoms with van der Waals surface area (Å²) in [5.41, 5.74) is 8.09. The smallest absolute Gasteiger partial charge is 0.256 e. The molecule has 2 N–H and O–H groups in total. The van der Waals surface area contributed by atoms with E-state index in [9.17, 15) is 4.79 Å². The van der Waals surface area contributed by atoms with Gasteiger partial charge in [-0.2, -0.15) is 11.8 Å². The molecule has 0 atom stereocenters. The molecule has 1 aromatic carbocycles. The summed E-state index contributed by atoms with van der Waals surface area (Å²) >= 11 is 1.92. The van der Waals surface area contributed by atoms with Crippen LogP contribution in [0.2, 0.25) is 0 Å². The van der Waals surface area contributed by atoms with E-state index in [1.54, 1.807) is 6.07 Å². The summed E-state index contributed by atoms with van der Waals surface area (Å²) in [5, 5.41) is 0. The maximum Gasteiger partial charge on any atom is 0.256 e. The Kier molecular flexibility index (Phi) is 4.18. The number of nitrogens with two attached hydrogens (primary N) is 1. The van der Waals surface area contributed by atoms with E-state index in [1.165, 1.54) is 0 Å². The summed E-state index contributed by atoms with van der Waals surface area (Å²) in [6.45, 7) is 5.94. The van der Waals surface area contributed by atoms with Gasteiger partial charge >= 0.3 is 0 Å². The van der Waals surface area contributed by atoms with E-state index < -0.39 is 0 Å². The number of carbonyl (C=O) groups excluding carboxylic acids is 1. The Bertz CT molecular complexity index is 514. The van der Waals surface area contributed by atoms with Gasteiger partial charge in [0.1, 0.15) is 0 Å². The minimum atomic E-state index is 0.0781. The topological polar surface area (TPSA) is 49.6 Å². The summed E-state index contributed by atoms with van der Waals surface area (Å²) in [5.74, 6) is 1.06. The van der Waals surface area contributed by atoms with Crippen molar-refractivity contribution >= 4 is 29.0 Å². The van der Waals surface area contributed by atoms with Crippen LogP contribution in [0.25, 0.3) is 0 Å². The number of amides is 1. The first-order chi connectivity index (χ1) is 9.30. The lowest BCUT2D eigenvalue weighted by atomic mass is 10.1. The van der Waals surface area contributed by atoms with Crippen LogP contribution < -0.4 is 10.6 Å². The van der Waals surface area contributed by atoms with Gasteiger partial charge in [0.05, 0.1) is 5.56 Å². The molecule has 0 bridgehead atoms. The molecule has 20 heavy (non-hydrogen) atoms. The highest BCUT2D eigenvalue weighted by Gasteiger charge is 2.31. The van der Waals surface area contributed by atoms with Crippen LogP contribution in [0, 0.1) is 0 Å². The number of hydrogen-bond acceptors (Lipinski definition) is 4. The third-order valence-corrected chi connectivity index (χ3v) is 4.74. The lowest BCUT2D eigenvalue weighted by Crippen LogP contribution is -2.46. The molecule has 1 aromatic rings. The average Bonchev–Trinajstić information content (AvgIpc) is 2.36. The molecule has 1 fully saturated rings. The fourth-order valence-corrected chi connectivity index (χ4v) is 3.59. The molecular formula is C15H23N3OS. The molecule has 1 amide bonds. The fourth-order valence-electron chi connectivity index (χ4n) is 2.48. The van der Waals surface area contributed by atoms with Gasteiger partial charge in [0.2, 0.25) is 0 Å². The Morgan fingerprint density at radius 2 is 2.10 bits per heavy atom. The first-order valence-corrected chi connectivity index (χ1v) is 7.79. The molecule has 0 spiro atoms. The van der Waals surface area contributed by atoms with Crippen LogP contribution >= 0.6 is 11.8 Å². The molecule has 0 aliphatic carbocycles. The summed E-state index contributed by atoms with van der Waals surface area (Å²) < 4.78 is 0.118. The molecule has 0 aromatic heterocycles. The molecule has 0 saturated carbocycles. The van der Waals surface area contributed by atoms with Crippen molar-refractivity contribution in [1.82, 2.24) is 4.90 Å². The molecule has 1 aliphatic rings. The van der Waals surface area contributed by atoms with Crippen molar-refractivity contribution < 1.29 is 4.79 Å². The van der Waals surface area contributed by atoms with Gasteiger partial charge in [0.25, 0.3) is 5.91 Å². The largest absolute Gasteiger partial charge is 0.399 e. The van der Waals surface area contributed by atoms with Crippen molar-refractivity contribution in [3.8, 4) is 0 Å². The quantitative estimate of drug-likeness (QED) is 0.850. The van der Waals surface area contributed by atoms with Gasteiger partial charge in [-0.15, -0.1) is 0 Å². The first kappa shape index (κ1) is 15.0. The standard InChI is InChI=1S/C15H23N3OS/c1-15(2)10-18(7-8-20-15)14(19)12-9-11(16)5-6-13(12)17(3)4/h5-6,9H,7-8,10,16H2,1-4H3. The molecule has 1 heterocycles. The maximum atomic E-state index is 12.8. The number of nitrogen functional groups attached to an aromatic ring is 1. The Morgan fingerprint density at radius 3 is 2.70 bits per heavy atom. The van der Waals surface area contributed by atoms with E-state index in [1.807, 2.05) is 47.8 Å². The monoisotopic (exact) mass is 293 g/mol. The van der Waals surface area contributed by atoms with Crippen LogP contribution in [0.15, 0.2) is 18.2 Å². The molecule has 110 valence electrons. The molecule has 0 unspecified atom stereocenters. The highest BCUT2D eigenvalue weighted by atomic mass is 32.2. The predicted molar refractivity (Wildman–Crippen MR) is 87.6 cm³/mol. The maximum absolute atomic E-state index is 12.8. The van der Waals surface area contributed by atoms with Crippen LogP contribution in [0.5, 0.6) is 0 Å². The van der Waals surface area contributed by atoms with Gasteiger partial charge in [-0.3, -0.25) is 4.79 Å². The van der Waals surface area contributed by atoms with E-state index in [2.05, 4.69) is 13.8 Å². The van der Waals surface area contributed by atoms with Crippen LogP contribution in [-0.2, 0) is 0 Å². The SMILES string of the molecule is CN(C)c1ccc(N)cc1C(=O)N1CCSC(C)(C)C1. The highest BCUT2D eigenvalue weighted by molar-refractivity contribution is 8.00. The Labute approximate surface area is 125 Å². The van der Waals surface area contributed by atoms with Gasteiger partial charge in [0, 0.05) is 49.1 Å². The van der Waals surface area contributed by atoms with Crippen LogP contribution in [0.3, 0.4) is 0 Å². The number of anilines is 2. The second kappa shape index (κ2) is 5.56. The van der Waals surface area contributed by atoms with Crippen LogP contribution in [0.4, 0.5) is 11.4 Å². The van der Waals surface area contributed by atoms with Crippen molar-refractivity contribution in [3.05, 3.63) is 23.8 Å². The summed E-state index contributed by atoms with van der Waals surface area (Å²) in [7, 11) is 3.89. The summed E-state index contributed by atoms with van der Waals surface area (Å²) in [6, 6.07) is 5.53. The van der Waals surface area contributed by atoms with E-state index in [0.717, 1.165) is 24.5 Å². The van der Waals surface area contributed by atoms with Gasteiger partial charge in [-0.05, 0) is 32.0 Å². The van der Waals surface area contributed by atoms with E-state index in [-0.39, 0.29) is 10.7 Å². The Hall–Kier alpha value is -1.36. The lowest BCUT2D eigenvalue weighted by Gasteiger charge is -2.38. The van der Waals surface area contributed by atoms with Crippen molar-refractivity contribution in [2.75, 3.05) is 43.6 Å². The molecule has 5 heteroatoms. The van der Waals surface area contributed by atoms with E-state index in [4.69, 9.17) is 5.73 Å². The second-order valence-corrected chi connectivity index (χ2v) is 7.81. The first-order valence-electron chi connectivity index (χ1n) is 6.80. The zero-order valence-electron chi connectivity index (χ0n) is 12.6. The molecule has 1 saturated heterocycles. The van der Waals surface area contributed by atoms with Crippen molar-refractivity contribution in [1.29, 1.82) is 0 Å². The highest BCUT2D eigenvalue weighted by Crippen LogP contribution is 2.31. The Balaban J connectivity index is 2.31. The van der Waals surface area contributed by atoms with E-state index in [0.29, 0.717) is 11.3 Å². The van der Waals surface area contributed by atoms with Crippen molar-refractivity contribution in [3.63, 3.8) is 0 Å². The third kappa shape index (κ3) is 3.20. The predicted octanol–water partition coefficient (Wildman–Crippen LogP) is 2.30. The zero-order valence-corrected chi connectivity index (χ0v) is 13.5. The number of carbonyl (C=O) groups is 1. The molecule has 4 nitrogen and oxygen atoms in total. The van der Waals surface area contributed by atoms with Gasteiger partial charge in [-0.1, -0.05) is 0 Å². The minimum absolute atomic E-state index is 0.0781. The lowest BCUT2D eigenvalue weighted by molar-refractivity contribution is 0.0749. The summed E-state index contributed by atoms with van der Waals surface area (Å²) in [4.78, 5) is 16.7. The molecular weight excluding hydrogens is 270 g/mol. The molecule has 1 aliphatic heterocycles. The molecule has 0 radical (unpaired) electrons. The number of benzene rings is 1. The summed E-state index contributed by atoms with van der Waals surface area (Å²) in [6.07, 6.45) is 0. The van der Waals surface area contributed by atoms with Crippen LogP contribution in [-0.4, -0.2) is 48.5 Å². The third-order valence-electron chi connectivity index (χ3n) is 3.45.